The first kappa shape index (κ1) is 8.55. The van der Waals surface area contributed by atoms with Crippen LogP contribution in [0.25, 0.3) is 5.57 Å². The molecule has 0 aromatic heterocycles. The van der Waals surface area contributed by atoms with Crippen molar-refractivity contribution >= 4 is 5.57 Å². The lowest BCUT2D eigenvalue weighted by molar-refractivity contribution is 1.04. The van der Waals surface area contributed by atoms with Gasteiger partial charge in [0, 0.05) is 0 Å². The highest BCUT2D eigenvalue weighted by molar-refractivity contribution is 5.74. The average Bonchev–Trinajstić information content (AvgIpc) is 2.60. The Hall–Kier alpha value is -1.04. The Labute approximate surface area is 80.3 Å². The molecule has 0 spiro atoms. The predicted octanol–water partition coefficient (Wildman–Crippen LogP) is 3.82. The lowest BCUT2D eigenvalue weighted by Crippen LogP contribution is -1.83. The molecule has 1 aliphatic rings. The summed E-state index contributed by atoms with van der Waals surface area (Å²) in [7, 11) is 0. The largest absolute Gasteiger partial charge is 0.0698 e. The second-order valence-electron chi connectivity index (χ2n) is 3.77. The lowest BCUT2D eigenvalue weighted by Gasteiger charge is -2.04. The second-order valence-corrected chi connectivity index (χ2v) is 3.77. The molecule has 0 N–H and O–H groups in total. The molecule has 0 nitrogen and oxygen atoms in total. The van der Waals surface area contributed by atoms with Crippen molar-refractivity contribution in [3.63, 3.8) is 0 Å². The van der Waals surface area contributed by atoms with Crippen LogP contribution in [0.4, 0.5) is 0 Å². The molecule has 0 saturated heterocycles. The van der Waals surface area contributed by atoms with Gasteiger partial charge in [0.15, 0.2) is 0 Å². The van der Waals surface area contributed by atoms with E-state index in [9.17, 15) is 0 Å². The maximum atomic E-state index is 2.26. The van der Waals surface area contributed by atoms with Gasteiger partial charge in [-0.25, -0.2) is 0 Å². The van der Waals surface area contributed by atoms with Crippen molar-refractivity contribution in [1.29, 1.82) is 0 Å². The van der Waals surface area contributed by atoms with E-state index < -0.39 is 0 Å². The van der Waals surface area contributed by atoms with Crippen LogP contribution in [0.2, 0.25) is 0 Å². The number of hydrogen-bond donors (Lipinski definition) is 0. The van der Waals surface area contributed by atoms with Crippen LogP contribution < -0.4 is 0 Å². The maximum Gasteiger partial charge on any atom is -0.0193 e. The summed E-state index contributed by atoms with van der Waals surface area (Å²) >= 11 is 0. The molecule has 0 heteroatoms. The molecule has 1 aliphatic carbocycles. The zero-order chi connectivity index (χ0) is 9.26. The number of aryl methyl sites for hydroxylation is 1. The standard InChI is InChI=1S/C13H16/c1-3-10(2)12-9-8-11-6-4-5-7-13(11)12/h4-7H,3,8-9H2,1-2H3/b12-10-. The molecule has 68 valence electrons. The van der Waals surface area contributed by atoms with E-state index in [4.69, 9.17) is 0 Å². The lowest BCUT2D eigenvalue weighted by atomic mass is 10.0. The number of rotatable bonds is 1. The van der Waals surface area contributed by atoms with Crippen molar-refractivity contribution in [3.05, 3.63) is 41.0 Å². The van der Waals surface area contributed by atoms with Crippen LogP contribution >= 0.6 is 0 Å². The Balaban J connectivity index is 2.50. The zero-order valence-electron chi connectivity index (χ0n) is 8.43. The second kappa shape index (κ2) is 3.37. The first-order valence-electron chi connectivity index (χ1n) is 5.10. The Bertz CT molecular complexity index is 345. The average molecular weight is 172 g/mol. The summed E-state index contributed by atoms with van der Waals surface area (Å²) in [6, 6.07) is 8.80. The Morgan fingerprint density at radius 3 is 2.77 bits per heavy atom. The molecule has 0 radical (unpaired) electrons. The quantitative estimate of drug-likeness (QED) is 0.604. The number of allylic oxidation sites excluding steroid dienone is 2. The van der Waals surface area contributed by atoms with Crippen LogP contribution in [0.5, 0.6) is 0 Å². The van der Waals surface area contributed by atoms with Crippen molar-refractivity contribution in [1.82, 2.24) is 0 Å². The number of fused-ring (bicyclic) bond motifs is 1. The van der Waals surface area contributed by atoms with Crippen LogP contribution in [-0.2, 0) is 6.42 Å². The molecule has 0 atom stereocenters. The van der Waals surface area contributed by atoms with E-state index in [1.165, 1.54) is 30.4 Å². The van der Waals surface area contributed by atoms with Crippen LogP contribution in [0.1, 0.15) is 37.8 Å². The summed E-state index contributed by atoms with van der Waals surface area (Å²) in [5, 5.41) is 0. The fourth-order valence-electron chi connectivity index (χ4n) is 2.08. The fraction of sp³-hybridized carbons (Fsp3) is 0.385. The molecule has 1 aromatic rings. The third-order valence-electron chi connectivity index (χ3n) is 3.03. The molecule has 0 unspecified atom stereocenters. The molecule has 0 fully saturated rings. The van der Waals surface area contributed by atoms with Gasteiger partial charge in [0.05, 0.1) is 0 Å². The van der Waals surface area contributed by atoms with Crippen molar-refractivity contribution in [2.75, 3.05) is 0 Å². The molecule has 1 aromatic carbocycles. The molecule has 0 bridgehead atoms. The minimum Gasteiger partial charge on any atom is -0.0698 e. The van der Waals surface area contributed by atoms with Crippen LogP contribution in [0.3, 0.4) is 0 Å². The first-order chi connectivity index (χ1) is 6.33. The topological polar surface area (TPSA) is 0 Å². The minimum absolute atomic E-state index is 1.18. The summed E-state index contributed by atoms with van der Waals surface area (Å²) in [5.41, 5.74) is 6.19. The molecule has 0 aliphatic heterocycles. The van der Waals surface area contributed by atoms with Gasteiger partial charge in [-0.15, -0.1) is 0 Å². The van der Waals surface area contributed by atoms with Crippen molar-refractivity contribution in [2.45, 2.75) is 33.1 Å². The van der Waals surface area contributed by atoms with Crippen molar-refractivity contribution in [2.24, 2.45) is 0 Å². The predicted molar refractivity (Wildman–Crippen MR) is 57.6 cm³/mol. The van der Waals surface area contributed by atoms with E-state index in [2.05, 4.69) is 38.1 Å². The molecular formula is C13H16. The summed E-state index contributed by atoms with van der Waals surface area (Å²) in [4.78, 5) is 0. The molecular weight excluding hydrogens is 156 g/mol. The highest BCUT2D eigenvalue weighted by Crippen LogP contribution is 2.34. The Morgan fingerprint density at radius 2 is 2.00 bits per heavy atom. The van der Waals surface area contributed by atoms with E-state index >= 15 is 0 Å². The Morgan fingerprint density at radius 1 is 1.23 bits per heavy atom. The van der Waals surface area contributed by atoms with E-state index in [0.717, 1.165) is 0 Å². The molecule has 0 amide bonds. The van der Waals surface area contributed by atoms with Crippen molar-refractivity contribution < 1.29 is 0 Å². The summed E-state index contributed by atoms with van der Waals surface area (Å²) < 4.78 is 0. The van der Waals surface area contributed by atoms with E-state index in [0.29, 0.717) is 0 Å². The minimum atomic E-state index is 1.18. The normalized spacial score (nSPS) is 18.6. The van der Waals surface area contributed by atoms with E-state index in [1.807, 2.05) is 0 Å². The zero-order valence-corrected chi connectivity index (χ0v) is 8.43. The van der Waals surface area contributed by atoms with Gasteiger partial charge in [0.25, 0.3) is 0 Å². The molecule has 13 heavy (non-hydrogen) atoms. The van der Waals surface area contributed by atoms with Crippen molar-refractivity contribution in [3.8, 4) is 0 Å². The van der Waals surface area contributed by atoms with Gasteiger partial charge in [-0.2, -0.15) is 0 Å². The summed E-state index contributed by atoms with van der Waals surface area (Å²) in [5.74, 6) is 0. The number of benzene rings is 1. The highest BCUT2D eigenvalue weighted by Gasteiger charge is 2.16. The van der Waals surface area contributed by atoms with Crippen LogP contribution in [-0.4, -0.2) is 0 Å². The third-order valence-corrected chi connectivity index (χ3v) is 3.03. The number of hydrogen-bond acceptors (Lipinski definition) is 0. The summed E-state index contributed by atoms with van der Waals surface area (Å²) in [6.07, 6.45) is 3.67. The fourth-order valence-corrected chi connectivity index (χ4v) is 2.08. The maximum absolute atomic E-state index is 2.26. The van der Waals surface area contributed by atoms with Gasteiger partial charge in [0.2, 0.25) is 0 Å². The smallest absolute Gasteiger partial charge is 0.0193 e. The van der Waals surface area contributed by atoms with Gasteiger partial charge in [-0.3, -0.25) is 0 Å². The van der Waals surface area contributed by atoms with Crippen LogP contribution in [0.15, 0.2) is 29.8 Å². The van der Waals surface area contributed by atoms with Gasteiger partial charge in [0.1, 0.15) is 0 Å². The molecule has 0 heterocycles. The van der Waals surface area contributed by atoms with Gasteiger partial charge < -0.3 is 0 Å². The van der Waals surface area contributed by atoms with E-state index in [1.54, 1.807) is 11.1 Å². The third kappa shape index (κ3) is 1.41. The SMILES string of the molecule is CC/C(C)=C1/CCc2ccccc21. The molecule has 0 saturated carbocycles. The Kier molecular flexibility index (Phi) is 2.22. The van der Waals surface area contributed by atoms with Crippen LogP contribution in [0, 0.1) is 0 Å². The summed E-state index contributed by atoms with van der Waals surface area (Å²) in [6.45, 7) is 4.50. The molecule has 2 rings (SSSR count). The van der Waals surface area contributed by atoms with Gasteiger partial charge in [-0.05, 0) is 42.9 Å². The van der Waals surface area contributed by atoms with E-state index in [-0.39, 0.29) is 0 Å². The van der Waals surface area contributed by atoms with Gasteiger partial charge >= 0.3 is 0 Å². The highest BCUT2D eigenvalue weighted by atomic mass is 14.2. The van der Waals surface area contributed by atoms with Gasteiger partial charge in [-0.1, -0.05) is 36.8 Å². The monoisotopic (exact) mass is 172 g/mol. The first-order valence-corrected chi connectivity index (χ1v) is 5.10.